The molecule has 0 fully saturated rings. The largest absolute Gasteiger partial charge is 0.497 e. The summed E-state index contributed by atoms with van der Waals surface area (Å²) in [5.74, 6) is 0.0561. The molecule has 0 aliphatic carbocycles. The molecule has 4 rings (SSSR count). The maximum absolute atomic E-state index is 13.6. The van der Waals surface area contributed by atoms with Gasteiger partial charge >= 0.3 is 6.09 Å². The highest BCUT2D eigenvalue weighted by molar-refractivity contribution is 7.89. The van der Waals surface area contributed by atoms with Gasteiger partial charge in [0.1, 0.15) is 28.7 Å². The summed E-state index contributed by atoms with van der Waals surface area (Å²) >= 11 is 1.35. The lowest BCUT2D eigenvalue weighted by Gasteiger charge is -2.19. The van der Waals surface area contributed by atoms with E-state index in [4.69, 9.17) is 25.6 Å². The summed E-state index contributed by atoms with van der Waals surface area (Å²) in [6.45, 7) is 4.81. The minimum Gasteiger partial charge on any atom is -0.497 e. The molecule has 12 nitrogen and oxygen atoms in total. The van der Waals surface area contributed by atoms with Crippen LogP contribution < -0.4 is 25.8 Å². The molecule has 232 valence electrons. The van der Waals surface area contributed by atoms with E-state index in [9.17, 15) is 18.0 Å². The zero-order chi connectivity index (χ0) is 32.1. The zero-order valence-electron chi connectivity index (χ0n) is 24.6. The predicted molar refractivity (Wildman–Crippen MR) is 170 cm³/mol. The average molecular weight is 639 g/mol. The fourth-order valence-electron chi connectivity index (χ4n) is 4.12. The molecule has 0 aliphatic heterocycles. The summed E-state index contributed by atoms with van der Waals surface area (Å²) in [7, 11) is -2.48. The maximum Gasteiger partial charge on any atom is 0.408 e. The molecular weight excluding hydrogens is 605 g/mol. The molecule has 1 atom stereocenters. The van der Waals surface area contributed by atoms with Crippen LogP contribution in [0.1, 0.15) is 42.9 Å². The van der Waals surface area contributed by atoms with Crippen LogP contribution in [-0.4, -0.2) is 50.5 Å². The molecule has 0 radical (unpaired) electrons. The van der Waals surface area contributed by atoms with E-state index in [1.54, 1.807) is 52.1 Å². The Hall–Kier alpha value is -4.53. The summed E-state index contributed by atoms with van der Waals surface area (Å²) in [6.07, 6.45) is -0.481. The molecule has 4 aromatic rings. The SMILES string of the molecule is COc1ccc2nc(C(Cc3cccc(C(=N)N)c3)NS(=O)(=O)c3ccc(NC(=O)CNC(=O)OC(C)(C)C)cc3)sc2c1. The fraction of sp³-hybridized carbons (Fsp3) is 0.267. The highest BCUT2D eigenvalue weighted by Gasteiger charge is 2.25. The predicted octanol–water partition coefficient (Wildman–Crippen LogP) is 4.31. The first-order valence-corrected chi connectivity index (χ1v) is 15.8. The van der Waals surface area contributed by atoms with E-state index in [-0.39, 0.29) is 23.7 Å². The number of amides is 2. The number of thiazole rings is 1. The number of benzene rings is 3. The summed E-state index contributed by atoms with van der Waals surface area (Å²) in [6, 6.07) is 17.4. The number of carbonyl (C=O) groups excluding carboxylic acids is 2. The van der Waals surface area contributed by atoms with Gasteiger partial charge in [0.15, 0.2) is 0 Å². The Morgan fingerprint density at radius 2 is 1.80 bits per heavy atom. The topological polar surface area (TPSA) is 186 Å². The first-order chi connectivity index (χ1) is 20.7. The molecule has 1 heterocycles. The number of ether oxygens (including phenoxy) is 2. The van der Waals surface area contributed by atoms with E-state index in [0.717, 1.165) is 10.3 Å². The number of methoxy groups -OCH3 is 1. The Bertz CT molecular complexity index is 1780. The smallest absolute Gasteiger partial charge is 0.408 e. The van der Waals surface area contributed by atoms with Gasteiger partial charge in [-0.3, -0.25) is 10.2 Å². The first-order valence-electron chi connectivity index (χ1n) is 13.5. The van der Waals surface area contributed by atoms with Crippen LogP contribution in [0.25, 0.3) is 10.2 Å². The van der Waals surface area contributed by atoms with Gasteiger partial charge in [0, 0.05) is 11.3 Å². The quantitative estimate of drug-likeness (QED) is 0.119. The van der Waals surface area contributed by atoms with Gasteiger partial charge in [-0.2, -0.15) is 0 Å². The number of anilines is 1. The van der Waals surface area contributed by atoms with Crippen LogP contribution in [0, 0.1) is 5.41 Å². The highest BCUT2D eigenvalue weighted by atomic mass is 32.2. The lowest BCUT2D eigenvalue weighted by atomic mass is 10.0. The van der Waals surface area contributed by atoms with Crippen LogP contribution >= 0.6 is 11.3 Å². The van der Waals surface area contributed by atoms with Crippen molar-refractivity contribution in [1.29, 1.82) is 5.41 Å². The Morgan fingerprint density at radius 3 is 2.45 bits per heavy atom. The molecule has 1 unspecified atom stereocenters. The lowest BCUT2D eigenvalue weighted by molar-refractivity contribution is -0.115. The van der Waals surface area contributed by atoms with Crippen molar-refractivity contribution in [3.05, 3.63) is 82.9 Å². The number of hydrogen-bond acceptors (Lipinski definition) is 9. The Labute approximate surface area is 259 Å². The van der Waals surface area contributed by atoms with E-state index in [1.807, 2.05) is 18.2 Å². The number of sulfonamides is 1. The molecule has 0 bridgehead atoms. The molecule has 1 aromatic heterocycles. The third kappa shape index (κ3) is 8.75. The molecule has 2 amide bonds. The Morgan fingerprint density at radius 1 is 1.07 bits per heavy atom. The van der Waals surface area contributed by atoms with Crippen LogP contribution in [0.15, 0.2) is 71.6 Å². The van der Waals surface area contributed by atoms with Crippen molar-refractivity contribution in [1.82, 2.24) is 15.0 Å². The number of carbonyl (C=O) groups is 2. The normalized spacial score (nSPS) is 12.4. The maximum atomic E-state index is 13.6. The van der Waals surface area contributed by atoms with Crippen LogP contribution in [0.5, 0.6) is 5.75 Å². The van der Waals surface area contributed by atoms with Crippen molar-refractivity contribution in [3.63, 3.8) is 0 Å². The van der Waals surface area contributed by atoms with Crippen molar-refractivity contribution in [2.45, 2.75) is 43.7 Å². The van der Waals surface area contributed by atoms with E-state index >= 15 is 0 Å². The average Bonchev–Trinajstić information content (AvgIpc) is 3.39. The minimum absolute atomic E-state index is 0.0207. The van der Waals surface area contributed by atoms with Gasteiger partial charge in [0.2, 0.25) is 15.9 Å². The van der Waals surface area contributed by atoms with Crippen LogP contribution in [0.3, 0.4) is 0 Å². The van der Waals surface area contributed by atoms with Gasteiger partial charge in [-0.1, -0.05) is 18.2 Å². The van der Waals surface area contributed by atoms with Crippen LogP contribution in [-0.2, 0) is 26.0 Å². The van der Waals surface area contributed by atoms with Crippen LogP contribution in [0.2, 0.25) is 0 Å². The van der Waals surface area contributed by atoms with Gasteiger partial charge in [0.05, 0.1) is 28.3 Å². The third-order valence-corrected chi connectivity index (χ3v) is 8.75. The number of nitrogen functional groups attached to an aromatic ring is 1. The van der Waals surface area contributed by atoms with Gasteiger partial charge in [-0.05, 0) is 81.3 Å². The van der Waals surface area contributed by atoms with Crippen molar-refractivity contribution >= 4 is 55.1 Å². The van der Waals surface area contributed by atoms with E-state index < -0.39 is 33.7 Å². The van der Waals surface area contributed by atoms with Crippen molar-refractivity contribution in [2.75, 3.05) is 19.0 Å². The molecular formula is C30H34N6O6S2. The summed E-state index contributed by atoms with van der Waals surface area (Å²) in [5.41, 5.74) is 7.31. The minimum atomic E-state index is -4.05. The molecule has 0 saturated carbocycles. The number of nitrogens with zero attached hydrogens (tertiary/aromatic N) is 1. The van der Waals surface area contributed by atoms with E-state index in [1.165, 1.54) is 35.6 Å². The third-order valence-electron chi connectivity index (χ3n) is 6.13. The summed E-state index contributed by atoms with van der Waals surface area (Å²) in [4.78, 5) is 28.7. The van der Waals surface area contributed by atoms with Gasteiger partial charge in [0.25, 0.3) is 0 Å². The molecule has 0 saturated heterocycles. The van der Waals surface area contributed by atoms with Gasteiger partial charge < -0.3 is 25.8 Å². The highest BCUT2D eigenvalue weighted by Crippen LogP contribution is 2.32. The molecule has 6 N–H and O–H groups in total. The number of rotatable bonds is 11. The van der Waals surface area contributed by atoms with E-state index in [0.29, 0.717) is 27.5 Å². The second-order valence-corrected chi connectivity index (χ2v) is 13.6. The first kappa shape index (κ1) is 32.4. The number of fused-ring (bicyclic) bond motifs is 1. The standard InChI is InChI=1S/C30H34N6O6S2/c1-30(2,3)42-29(38)33-17-26(37)34-20-8-11-22(12-9-20)44(39,40)36-24(15-18-6-5-7-19(14-18)27(31)32)28-35-23-13-10-21(41-4)16-25(23)43-28/h5-14,16,24,36H,15,17H2,1-4H3,(H3,31,32)(H,33,38)(H,34,37). The molecule has 14 heteroatoms. The van der Waals surface area contributed by atoms with Crippen LogP contribution in [0.4, 0.5) is 10.5 Å². The van der Waals surface area contributed by atoms with Crippen molar-refractivity contribution < 1.29 is 27.5 Å². The summed E-state index contributed by atoms with van der Waals surface area (Å²) in [5, 5.41) is 13.3. The Balaban J connectivity index is 1.53. The number of amidine groups is 1. The molecule has 0 spiro atoms. The monoisotopic (exact) mass is 638 g/mol. The number of nitrogens with two attached hydrogens (primary N) is 1. The lowest BCUT2D eigenvalue weighted by Crippen LogP contribution is -2.37. The molecule has 44 heavy (non-hydrogen) atoms. The van der Waals surface area contributed by atoms with Crippen molar-refractivity contribution in [2.24, 2.45) is 5.73 Å². The van der Waals surface area contributed by atoms with Gasteiger partial charge in [-0.15, -0.1) is 11.3 Å². The zero-order valence-corrected chi connectivity index (χ0v) is 26.3. The second kappa shape index (κ2) is 13.4. The Kier molecular flexibility index (Phi) is 9.87. The van der Waals surface area contributed by atoms with Crippen molar-refractivity contribution in [3.8, 4) is 5.75 Å². The van der Waals surface area contributed by atoms with E-state index in [2.05, 4.69) is 15.4 Å². The second-order valence-electron chi connectivity index (χ2n) is 10.8. The molecule has 0 aliphatic rings. The fourth-order valence-corrected chi connectivity index (χ4v) is 6.45. The van der Waals surface area contributed by atoms with Gasteiger partial charge in [-0.25, -0.2) is 22.9 Å². The summed E-state index contributed by atoms with van der Waals surface area (Å²) < 4.78 is 41.2. The number of nitrogens with one attached hydrogen (secondary N) is 4. The number of aromatic nitrogens is 1. The number of alkyl carbamates (subject to hydrolysis) is 1. The number of hydrogen-bond donors (Lipinski definition) is 5. The molecule has 3 aromatic carbocycles.